The van der Waals surface area contributed by atoms with Gasteiger partial charge in [-0.25, -0.2) is 0 Å². The third kappa shape index (κ3) is 4.46. The van der Waals surface area contributed by atoms with Gasteiger partial charge in [0.25, 0.3) is 0 Å². The molecule has 3 rings (SSSR count). The Hall–Kier alpha value is -2.73. The molecule has 0 bridgehead atoms. The summed E-state index contributed by atoms with van der Waals surface area (Å²) in [5, 5.41) is 5.70. The van der Waals surface area contributed by atoms with Crippen molar-refractivity contribution in [1.82, 2.24) is 0 Å². The predicted octanol–water partition coefficient (Wildman–Crippen LogP) is 3.23. The van der Waals surface area contributed by atoms with Crippen LogP contribution in [0.3, 0.4) is 0 Å². The molecule has 0 aliphatic carbocycles. The molecule has 7 heteroatoms. The Bertz CT molecular complexity index is 810. The fraction of sp³-hybridized carbons (Fsp3) is 0.263. The average molecular weight is 376 g/mol. The first-order valence-corrected chi connectivity index (χ1v) is 8.19. The zero-order valence-electron chi connectivity index (χ0n) is 14.5. The van der Waals surface area contributed by atoms with Crippen molar-refractivity contribution in [3.63, 3.8) is 0 Å². The van der Waals surface area contributed by atoms with Gasteiger partial charge in [0.05, 0.1) is 12.8 Å². The number of anilines is 3. The van der Waals surface area contributed by atoms with Gasteiger partial charge in [0, 0.05) is 23.7 Å². The summed E-state index contributed by atoms with van der Waals surface area (Å²) in [6.45, 7) is 0. The predicted molar refractivity (Wildman–Crippen MR) is 105 cm³/mol. The summed E-state index contributed by atoms with van der Waals surface area (Å²) in [7, 11) is 1.54. The minimum Gasteiger partial charge on any atom is -0.495 e. The molecule has 26 heavy (non-hydrogen) atoms. The number of hydrogen-bond acceptors (Lipinski definition) is 4. The largest absolute Gasteiger partial charge is 0.495 e. The van der Waals surface area contributed by atoms with Crippen molar-refractivity contribution in [2.24, 2.45) is 5.92 Å². The van der Waals surface area contributed by atoms with E-state index < -0.39 is 0 Å². The number of methoxy groups -OCH3 is 1. The monoisotopic (exact) mass is 375 g/mol. The average Bonchev–Trinajstić information content (AvgIpc) is 2.60. The first-order chi connectivity index (χ1) is 12.1. The van der Waals surface area contributed by atoms with Crippen LogP contribution < -0.4 is 21.1 Å². The lowest BCUT2D eigenvalue weighted by atomic mass is 9.89. The van der Waals surface area contributed by atoms with E-state index in [-0.39, 0.29) is 36.6 Å². The van der Waals surface area contributed by atoms with Gasteiger partial charge >= 0.3 is 0 Å². The van der Waals surface area contributed by atoms with E-state index in [2.05, 4.69) is 10.6 Å². The maximum Gasteiger partial charge on any atom is 0.227 e. The van der Waals surface area contributed by atoms with Gasteiger partial charge in [-0.15, -0.1) is 12.4 Å². The zero-order chi connectivity index (χ0) is 17.8. The highest BCUT2D eigenvalue weighted by Gasteiger charge is 2.26. The van der Waals surface area contributed by atoms with E-state index in [0.29, 0.717) is 30.0 Å². The number of ether oxygens (including phenoxy) is 1. The summed E-state index contributed by atoms with van der Waals surface area (Å²) in [6, 6.07) is 12.8. The van der Waals surface area contributed by atoms with E-state index in [1.165, 1.54) is 7.11 Å². The van der Waals surface area contributed by atoms with Crippen molar-refractivity contribution >= 4 is 41.3 Å². The number of fused-ring (bicyclic) bond motifs is 1. The second-order valence-electron chi connectivity index (χ2n) is 6.09. The summed E-state index contributed by atoms with van der Waals surface area (Å²) in [5.74, 6) is 0.202. The van der Waals surface area contributed by atoms with Crippen LogP contribution in [0, 0.1) is 5.92 Å². The van der Waals surface area contributed by atoms with Crippen LogP contribution in [0.5, 0.6) is 5.75 Å². The van der Waals surface area contributed by atoms with E-state index >= 15 is 0 Å². The molecule has 4 N–H and O–H groups in total. The molecule has 0 spiro atoms. The first kappa shape index (κ1) is 19.6. The van der Waals surface area contributed by atoms with E-state index in [1.54, 1.807) is 18.2 Å². The van der Waals surface area contributed by atoms with Crippen molar-refractivity contribution in [3.05, 3.63) is 48.0 Å². The van der Waals surface area contributed by atoms with Crippen LogP contribution in [0.15, 0.2) is 42.5 Å². The fourth-order valence-electron chi connectivity index (χ4n) is 2.99. The number of carbonyl (C=O) groups excluding carboxylic acids is 2. The normalized spacial score (nSPS) is 15.3. The molecule has 138 valence electrons. The number of nitrogens with one attached hydrogen (secondary N) is 2. The lowest BCUT2D eigenvalue weighted by Gasteiger charge is -2.24. The Balaban J connectivity index is 0.00000243. The zero-order valence-corrected chi connectivity index (χ0v) is 15.3. The van der Waals surface area contributed by atoms with Crippen LogP contribution in [0.4, 0.5) is 17.1 Å². The summed E-state index contributed by atoms with van der Waals surface area (Å²) in [5.41, 5.74) is 8.88. The lowest BCUT2D eigenvalue weighted by Crippen LogP contribution is -2.30. The molecular formula is C19H22ClN3O3. The number of benzene rings is 2. The molecule has 0 saturated carbocycles. The van der Waals surface area contributed by atoms with Crippen molar-refractivity contribution < 1.29 is 14.3 Å². The molecule has 2 aromatic carbocycles. The topological polar surface area (TPSA) is 93.5 Å². The summed E-state index contributed by atoms with van der Waals surface area (Å²) in [4.78, 5) is 24.3. The molecule has 0 fully saturated rings. The van der Waals surface area contributed by atoms with E-state index in [1.807, 2.05) is 24.3 Å². The number of para-hydroxylation sites is 1. The molecule has 1 aliphatic heterocycles. The molecule has 1 unspecified atom stereocenters. The summed E-state index contributed by atoms with van der Waals surface area (Å²) in [6.07, 6.45) is 1.43. The molecule has 2 amide bonds. The van der Waals surface area contributed by atoms with Crippen LogP contribution in [0.1, 0.15) is 18.4 Å². The SMILES string of the molecule is COc1ccc(NC(=O)CCC2Cc3ccccc3NC2=O)cc1N.Cl. The summed E-state index contributed by atoms with van der Waals surface area (Å²) < 4.78 is 5.09. The van der Waals surface area contributed by atoms with Crippen molar-refractivity contribution in [3.8, 4) is 5.75 Å². The Kier molecular flexibility index (Phi) is 6.46. The minimum atomic E-state index is -0.193. The van der Waals surface area contributed by atoms with Crippen LogP contribution in [-0.2, 0) is 16.0 Å². The number of nitrogens with two attached hydrogens (primary N) is 1. The second-order valence-corrected chi connectivity index (χ2v) is 6.09. The smallest absolute Gasteiger partial charge is 0.227 e. The number of nitrogen functional groups attached to an aromatic ring is 1. The van der Waals surface area contributed by atoms with E-state index in [0.717, 1.165) is 11.3 Å². The molecule has 0 saturated heterocycles. The maximum atomic E-state index is 12.2. The van der Waals surface area contributed by atoms with Crippen molar-refractivity contribution in [2.75, 3.05) is 23.5 Å². The highest BCUT2D eigenvalue weighted by molar-refractivity contribution is 5.96. The van der Waals surface area contributed by atoms with Gasteiger partial charge in [0.15, 0.2) is 0 Å². The molecular weight excluding hydrogens is 354 g/mol. The highest BCUT2D eigenvalue weighted by Crippen LogP contribution is 2.28. The molecule has 1 aliphatic rings. The number of halogens is 1. The van der Waals surface area contributed by atoms with Gasteiger partial charge in [-0.2, -0.15) is 0 Å². The standard InChI is InChI=1S/C19H21N3O3.ClH/c1-25-17-8-7-14(11-15(17)20)21-18(23)9-6-13-10-12-4-2-3-5-16(12)22-19(13)24;/h2-5,7-8,11,13H,6,9-10,20H2,1H3,(H,21,23)(H,22,24);1H. The quantitative estimate of drug-likeness (QED) is 0.699. The van der Waals surface area contributed by atoms with Crippen LogP contribution in [0.25, 0.3) is 0 Å². The Labute approximate surface area is 158 Å². The summed E-state index contributed by atoms with van der Waals surface area (Å²) >= 11 is 0. The van der Waals surface area contributed by atoms with Crippen LogP contribution in [0.2, 0.25) is 0 Å². The van der Waals surface area contributed by atoms with Gasteiger partial charge in [0.1, 0.15) is 5.75 Å². The Morgan fingerprint density at radius 2 is 2.08 bits per heavy atom. The first-order valence-electron chi connectivity index (χ1n) is 8.19. The van der Waals surface area contributed by atoms with Gasteiger partial charge < -0.3 is 21.1 Å². The number of amides is 2. The Morgan fingerprint density at radius 1 is 1.31 bits per heavy atom. The fourth-order valence-corrected chi connectivity index (χ4v) is 2.99. The van der Waals surface area contributed by atoms with E-state index in [9.17, 15) is 9.59 Å². The minimum absolute atomic E-state index is 0. The van der Waals surface area contributed by atoms with E-state index in [4.69, 9.17) is 10.5 Å². The van der Waals surface area contributed by atoms with Gasteiger partial charge in [-0.3, -0.25) is 9.59 Å². The van der Waals surface area contributed by atoms with Gasteiger partial charge in [-0.05, 0) is 42.7 Å². The number of hydrogen-bond donors (Lipinski definition) is 3. The molecule has 0 aromatic heterocycles. The lowest BCUT2D eigenvalue weighted by molar-refractivity contribution is -0.121. The van der Waals surface area contributed by atoms with Crippen LogP contribution >= 0.6 is 12.4 Å². The third-order valence-corrected chi connectivity index (χ3v) is 4.35. The molecule has 2 aromatic rings. The second kappa shape index (κ2) is 8.58. The molecule has 1 heterocycles. The van der Waals surface area contributed by atoms with Crippen molar-refractivity contribution in [1.29, 1.82) is 0 Å². The maximum absolute atomic E-state index is 12.2. The third-order valence-electron chi connectivity index (χ3n) is 4.35. The highest BCUT2D eigenvalue weighted by atomic mass is 35.5. The molecule has 6 nitrogen and oxygen atoms in total. The van der Waals surface area contributed by atoms with Gasteiger partial charge in [-0.1, -0.05) is 18.2 Å². The molecule has 0 radical (unpaired) electrons. The Morgan fingerprint density at radius 3 is 2.81 bits per heavy atom. The molecule has 1 atom stereocenters. The number of carbonyl (C=O) groups is 2. The van der Waals surface area contributed by atoms with Crippen molar-refractivity contribution in [2.45, 2.75) is 19.3 Å². The van der Waals surface area contributed by atoms with Crippen LogP contribution in [-0.4, -0.2) is 18.9 Å². The number of rotatable bonds is 5. The van der Waals surface area contributed by atoms with Gasteiger partial charge in [0.2, 0.25) is 11.8 Å².